The predicted octanol–water partition coefficient (Wildman–Crippen LogP) is 4.00. The molecule has 0 aliphatic carbocycles. The number of anilines is 1. The molecule has 0 aliphatic heterocycles. The van der Waals surface area contributed by atoms with E-state index in [-0.39, 0.29) is 0 Å². The molecule has 0 amide bonds. The highest BCUT2D eigenvalue weighted by Crippen LogP contribution is 2.31. The van der Waals surface area contributed by atoms with Gasteiger partial charge < -0.3 is 5.32 Å². The average Bonchev–Trinajstić information content (AvgIpc) is 2.33. The fraction of sp³-hybridized carbons (Fsp3) is 0.714. The van der Waals surface area contributed by atoms with Gasteiger partial charge in [0.15, 0.2) is 0 Å². The number of hydrogen-bond acceptors (Lipinski definition) is 4. The molecule has 0 radical (unpaired) electrons. The van der Waals surface area contributed by atoms with Crippen LogP contribution in [0.2, 0.25) is 0 Å². The van der Waals surface area contributed by atoms with E-state index in [0.717, 1.165) is 30.2 Å². The summed E-state index contributed by atoms with van der Waals surface area (Å²) < 4.78 is 0. The second kappa shape index (κ2) is 7.62. The molecule has 0 fully saturated rings. The van der Waals surface area contributed by atoms with Crippen LogP contribution >= 0.6 is 11.8 Å². The standard InChI is InChI=1S/C14H25N3S/c1-6-8-12-13(15-7-2)16-9-17-14(12)18-11(5)10(3)4/h9-11H,6-8H2,1-5H3,(H,15,16,17). The van der Waals surface area contributed by atoms with Crippen molar-refractivity contribution in [1.29, 1.82) is 0 Å². The van der Waals surface area contributed by atoms with Crippen LogP contribution in [0.4, 0.5) is 5.82 Å². The van der Waals surface area contributed by atoms with Crippen molar-refractivity contribution in [2.75, 3.05) is 11.9 Å². The topological polar surface area (TPSA) is 37.8 Å². The van der Waals surface area contributed by atoms with Gasteiger partial charge in [-0.25, -0.2) is 9.97 Å². The number of aromatic nitrogens is 2. The highest BCUT2D eigenvalue weighted by Gasteiger charge is 2.15. The number of nitrogens with zero attached hydrogens (tertiary/aromatic N) is 2. The maximum atomic E-state index is 4.47. The smallest absolute Gasteiger partial charge is 0.133 e. The summed E-state index contributed by atoms with van der Waals surface area (Å²) in [5.41, 5.74) is 1.28. The van der Waals surface area contributed by atoms with E-state index >= 15 is 0 Å². The van der Waals surface area contributed by atoms with Gasteiger partial charge in [0, 0.05) is 17.4 Å². The van der Waals surface area contributed by atoms with Crippen molar-refractivity contribution >= 4 is 17.6 Å². The summed E-state index contributed by atoms with van der Waals surface area (Å²) in [6.45, 7) is 12.0. The predicted molar refractivity (Wildman–Crippen MR) is 80.3 cm³/mol. The fourth-order valence-electron chi connectivity index (χ4n) is 1.61. The zero-order chi connectivity index (χ0) is 13.5. The van der Waals surface area contributed by atoms with Crippen LogP contribution in [0.25, 0.3) is 0 Å². The molecule has 0 aromatic carbocycles. The molecule has 1 atom stereocenters. The molecule has 0 aliphatic rings. The van der Waals surface area contributed by atoms with Crippen molar-refractivity contribution in [3.8, 4) is 0 Å². The van der Waals surface area contributed by atoms with E-state index in [1.54, 1.807) is 6.33 Å². The first-order valence-electron chi connectivity index (χ1n) is 6.84. The molecular formula is C14H25N3S. The van der Waals surface area contributed by atoms with E-state index in [2.05, 4.69) is 49.9 Å². The summed E-state index contributed by atoms with van der Waals surface area (Å²) in [5.74, 6) is 1.66. The molecule has 4 heteroatoms. The average molecular weight is 267 g/mol. The van der Waals surface area contributed by atoms with Crippen LogP contribution in [0.5, 0.6) is 0 Å². The lowest BCUT2D eigenvalue weighted by Crippen LogP contribution is -2.10. The van der Waals surface area contributed by atoms with Gasteiger partial charge in [-0.15, -0.1) is 11.8 Å². The van der Waals surface area contributed by atoms with Crippen LogP contribution in [-0.2, 0) is 6.42 Å². The highest BCUT2D eigenvalue weighted by atomic mass is 32.2. The van der Waals surface area contributed by atoms with Crippen molar-refractivity contribution < 1.29 is 0 Å². The molecule has 18 heavy (non-hydrogen) atoms. The van der Waals surface area contributed by atoms with Gasteiger partial charge in [0.25, 0.3) is 0 Å². The Labute approximate surface area is 115 Å². The lowest BCUT2D eigenvalue weighted by Gasteiger charge is -2.18. The molecule has 102 valence electrons. The third kappa shape index (κ3) is 4.16. The van der Waals surface area contributed by atoms with Crippen LogP contribution in [0, 0.1) is 5.92 Å². The van der Waals surface area contributed by atoms with Crippen molar-refractivity contribution in [1.82, 2.24) is 9.97 Å². The Morgan fingerprint density at radius 2 is 1.94 bits per heavy atom. The highest BCUT2D eigenvalue weighted by molar-refractivity contribution is 7.99. The van der Waals surface area contributed by atoms with E-state index in [1.165, 1.54) is 5.56 Å². The van der Waals surface area contributed by atoms with Gasteiger partial charge in [-0.05, 0) is 19.3 Å². The normalized spacial score (nSPS) is 12.8. The first-order chi connectivity index (χ1) is 8.60. The molecule has 3 nitrogen and oxygen atoms in total. The fourth-order valence-corrected chi connectivity index (χ4v) is 2.68. The summed E-state index contributed by atoms with van der Waals surface area (Å²) in [5, 5.41) is 5.06. The Hall–Kier alpha value is -0.770. The minimum absolute atomic E-state index is 0.574. The minimum atomic E-state index is 0.574. The quantitative estimate of drug-likeness (QED) is 0.598. The van der Waals surface area contributed by atoms with E-state index in [0.29, 0.717) is 11.2 Å². The van der Waals surface area contributed by atoms with Gasteiger partial charge in [0.1, 0.15) is 17.2 Å². The van der Waals surface area contributed by atoms with Gasteiger partial charge >= 0.3 is 0 Å². The summed E-state index contributed by atoms with van der Waals surface area (Å²) >= 11 is 1.87. The number of nitrogens with one attached hydrogen (secondary N) is 1. The maximum Gasteiger partial charge on any atom is 0.133 e. The van der Waals surface area contributed by atoms with Gasteiger partial charge in [0.2, 0.25) is 0 Å². The molecule has 0 bridgehead atoms. The molecule has 0 spiro atoms. The summed E-state index contributed by atoms with van der Waals surface area (Å²) in [7, 11) is 0. The first-order valence-corrected chi connectivity index (χ1v) is 7.72. The van der Waals surface area contributed by atoms with E-state index in [1.807, 2.05) is 11.8 Å². The van der Waals surface area contributed by atoms with Crippen LogP contribution in [0.3, 0.4) is 0 Å². The molecule has 0 saturated heterocycles. The maximum absolute atomic E-state index is 4.47. The Kier molecular flexibility index (Phi) is 6.47. The molecule has 0 saturated carbocycles. The van der Waals surface area contributed by atoms with Gasteiger partial charge in [-0.1, -0.05) is 34.1 Å². The SMILES string of the molecule is CCCc1c(NCC)ncnc1SC(C)C(C)C. The largest absolute Gasteiger partial charge is 0.370 e. The van der Waals surface area contributed by atoms with Gasteiger partial charge in [-0.3, -0.25) is 0 Å². The third-order valence-electron chi connectivity index (χ3n) is 2.99. The second-order valence-corrected chi connectivity index (χ2v) is 6.22. The molecular weight excluding hydrogens is 242 g/mol. The van der Waals surface area contributed by atoms with Crippen LogP contribution in [0.15, 0.2) is 11.4 Å². The Balaban J connectivity index is 2.97. The first kappa shape index (κ1) is 15.3. The molecule has 1 rings (SSSR count). The lowest BCUT2D eigenvalue weighted by molar-refractivity contribution is 0.641. The van der Waals surface area contributed by atoms with Gasteiger partial charge in [-0.2, -0.15) is 0 Å². The van der Waals surface area contributed by atoms with E-state index < -0.39 is 0 Å². The molecule has 1 unspecified atom stereocenters. The minimum Gasteiger partial charge on any atom is -0.370 e. The van der Waals surface area contributed by atoms with Crippen molar-refractivity contribution in [2.24, 2.45) is 5.92 Å². The summed E-state index contributed by atoms with van der Waals surface area (Å²) in [6.07, 6.45) is 3.83. The molecule has 1 aromatic rings. The zero-order valence-corrected chi connectivity index (χ0v) is 13.0. The number of hydrogen-bond donors (Lipinski definition) is 1. The zero-order valence-electron chi connectivity index (χ0n) is 12.2. The third-order valence-corrected chi connectivity index (χ3v) is 4.48. The van der Waals surface area contributed by atoms with Gasteiger partial charge in [0.05, 0.1) is 0 Å². The van der Waals surface area contributed by atoms with Crippen LogP contribution in [0.1, 0.15) is 46.6 Å². The Bertz CT molecular complexity index is 366. The molecule has 1 N–H and O–H groups in total. The Morgan fingerprint density at radius 3 is 2.50 bits per heavy atom. The summed E-state index contributed by atoms with van der Waals surface area (Å²) in [4.78, 5) is 8.84. The van der Waals surface area contributed by atoms with Crippen molar-refractivity contribution in [2.45, 2.75) is 57.7 Å². The molecule has 1 aromatic heterocycles. The monoisotopic (exact) mass is 267 g/mol. The Morgan fingerprint density at radius 1 is 1.22 bits per heavy atom. The molecule has 1 heterocycles. The number of thioether (sulfide) groups is 1. The summed E-state index contributed by atoms with van der Waals surface area (Å²) in [6, 6.07) is 0. The van der Waals surface area contributed by atoms with Crippen LogP contribution in [-0.4, -0.2) is 21.8 Å². The van der Waals surface area contributed by atoms with Crippen molar-refractivity contribution in [3.05, 3.63) is 11.9 Å². The van der Waals surface area contributed by atoms with Crippen LogP contribution < -0.4 is 5.32 Å². The van der Waals surface area contributed by atoms with Crippen molar-refractivity contribution in [3.63, 3.8) is 0 Å². The van der Waals surface area contributed by atoms with E-state index in [4.69, 9.17) is 0 Å². The number of rotatable bonds is 7. The lowest BCUT2D eigenvalue weighted by atomic mass is 10.1. The van der Waals surface area contributed by atoms with E-state index in [9.17, 15) is 0 Å². The second-order valence-electron chi connectivity index (χ2n) is 4.85.